The Labute approximate surface area is 86.6 Å². The van der Waals surface area contributed by atoms with E-state index < -0.39 is 0 Å². The van der Waals surface area contributed by atoms with Crippen LogP contribution in [0.25, 0.3) is 0 Å². The summed E-state index contributed by atoms with van der Waals surface area (Å²) in [4.78, 5) is 0. The molecule has 3 atom stereocenters. The van der Waals surface area contributed by atoms with Crippen molar-refractivity contribution in [1.82, 2.24) is 10.6 Å². The smallest absolute Gasteiger partial charge is 0.0641 e. The molecule has 2 rings (SSSR count). The fourth-order valence-electron chi connectivity index (χ4n) is 2.94. The van der Waals surface area contributed by atoms with E-state index in [1.165, 1.54) is 32.5 Å². The summed E-state index contributed by atoms with van der Waals surface area (Å²) < 4.78 is 5.26. The fraction of sp³-hybridized carbons (Fsp3) is 1.00. The van der Waals surface area contributed by atoms with Crippen molar-refractivity contribution in [3.8, 4) is 0 Å². The monoisotopic (exact) mass is 198 g/mol. The number of hydrogen-bond acceptors (Lipinski definition) is 3. The largest absolute Gasteiger partial charge is 0.383 e. The molecule has 82 valence electrons. The zero-order chi connectivity index (χ0) is 10.0. The number of nitrogens with one attached hydrogen (secondary N) is 2. The summed E-state index contributed by atoms with van der Waals surface area (Å²) in [6, 6.07) is 0. The fourth-order valence-corrected chi connectivity index (χ4v) is 2.94. The number of hydrogen-bond donors (Lipinski definition) is 2. The molecule has 3 unspecified atom stereocenters. The lowest BCUT2D eigenvalue weighted by atomic mass is 9.86. The molecule has 2 heterocycles. The van der Waals surface area contributed by atoms with Crippen LogP contribution in [0, 0.1) is 11.8 Å². The molecule has 3 heteroatoms. The number of rotatable bonds is 3. The normalized spacial score (nSPS) is 43.3. The topological polar surface area (TPSA) is 33.3 Å². The van der Waals surface area contributed by atoms with Crippen molar-refractivity contribution in [3.63, 3.8) is 0 Å². The first-order valence-corrected chi connectivity index (χ1v) is 5.68. The van der Waals surface area contributed by atoms with E-state index in [1.807, 2.05) is 0 Å². The third-order valence-corrected chi connectivity index (χ3v) is 3.73. The third kappa shape index (κ3) is 2.10. The Bertz CT molecular complexity index is 192. The minimum absolute atomic E-state index is 0.224. The summed E-state index contributed by atoms with van der Waals surface area (Å²) in [7, 11) is 1.79. The molecule has 2 aliphatic rings. The average Bonchev–Trinajstić information content (AvgIpc) is 2.73. The van der Waals surface area contributed by atoms with Crippen molar-refractivity contribution in [1.29, 1.82) is 0 Å². The van der Waals surface area contributed by atoms with Gasteiger partial charge in [-0.2, -0.15) is 0 Å². The first-order chi connectivity index (χ1) is 6.73. The van der Waals surface area contributed by atoms with Crippen molar-refractivity contribution in [3.05, 3.63) is 0 Å². The Hall–Kier alpha value is -0.120. The van der Waals surface area contributed by atoms with Crippen LogP contribution >= 0.6 is 0 Å². The lowest BCUT2D eigenvalue weighted by molar-refractivity contribution is 0.126. The molecule has 2 N–H and O–H groups in total. The Morgan fingerprint density at radius 1 is 1.36 bits per heavy atom. The van der Waals surface area contributed by atoms with Crippen LogP contribution in [0.4, 0.5) is 0 Å². The van der Waals surface area contributed by atoms with Crippen LogP contribution < -0.4 is 10.6 Å². The Morgan fingerprint density at radius 3 is 2.86 bits per heavy atom. The quantitative estimate of drug-likeness (QED) is 0.697. The summed E-state index contributed by atoms with van der Waals surface area (Å²) in [5.74, 6) is 1.74. The molecule has 0 spiro atoms. The van der Waals surface area contributed by atoms with Gasteiger partial charge in [0.05, 0.1) is 6.61 Å². The lowest BCUT2D eigenvalue weighted by Gasteiger charge is -2.24. The summed E-state index contributed by atoms with van der Waals surface area (Å²) >= 11 is 0. The van der Waals surface area contributed by atoms with E-state index in [1.54, 1.807) is 7.11 Å². The minimum atomic E-state index is 0.224. The van der Waals surface area contributed by atoms with E-state index in [2.05, 4.69) is 17.6 Å². The van der Waals surface area contributed by atoms with Gasteiger partial charge in [0.2, 0.25) is 0 Å². The predicted molar refractivity (Wildman–Crippen MR) is 57.4 cm³/mol. The van der Waals surface area contributed by atoms with Crippen molar-refractivity contribution in [2.75, 3.05) is 33.4 Å². The zero-order valence-corrected chi connectivity index (χ0v) is 9.31. The molecule has 0 aromatic rings. The van der Waals surface area contributed by atoms with E-state index in [9.17, 15) is 0 Å². The van der Waals surface area contributed by atoms with Crippen LogP contribution in [0.1, 0.15) is 19.8 Å². The first-order valence-electron chi connectivity index (χ1n) is 5.68. The molecule has 0 radical (unpaired) electrons. The predicted octanol–water partition coefficient (Wildman–Crippen LogP) is 0.611. The van der Waals surface area contributed by atoms with Gasteiger partial charge in [-0.25, -0.2) is 0 Å². The molecule has 2 aliphatic heterocycles. The Kier molecular flexibility index (Phi) is 3.10. The van der Waals surface area contributed by atoms with E-state index >= 15 is 0 Å². The summed E-state index contributed by atoms with van der Waals surface area (Å²) in [5.41, 5.74) is 0.224. The van der Waals surface area contributed by atoms with Crippen molar-refractivity contribution < 1.29 is 4.74 Å². The van der Waals surface area contributed by atoms with Gasteiger partial charge in [0.15, 0.2) is 0 Å². The summed E-state index contributed by atoms with van der Waals surface area (Å²) in [5, 5.41) is 7.06. The lowest BCUT2D eigenvalue weighted by Crippen LogP contribution is -2.40. The molecule has 0 saturated carbocycles. The van der Waals surface area contributed by atoms with E-state index in [-0.39, 0.29) is 5.54 Å². The van der Waals surface area contributed by atoms with Gasteiger partial charge in [-0.3, -0.25) is 0 Å². The molecule has 0 aromatic heterocycles. The highest BCUT2D eigenvalue weighted by Gasteiger charge is 2.38. The van der Waals surface area contributed by atoms with Crippen LogP contribution in [0.2, 0.25) is 0 Å². The van der Waals surface area contributed by atoms with Gasteiger partial charge < -0.3 is 15.4 Å². The van der Waals surface area contributed by atoms with E-state index in [0.717, 1.165) is 18.4 Å². The van der Waals surface area contributed by atoms with Crippen LogP contribution in [-0.2, 0) is 4.74 Å². The first kappa shape index (κ1) is 10.4. The molecule has 0 aromatic carbocycles. The summed E-state index contributed by atoms with van der Waals surface area (Å²) in [6.45, 7) is 6.71. The Balaban J connectivity index is 1.86. The van der Waals surface area contributed by atoms with Gasteiger partial charge >= 0.3 is 0 Å². The van der Waals surface area contributed by atoms with Crippen LogP contribution in [0.5, 0.6) is 0 Å². The molecular weight excluding hydrogens is 176 g/mol. The maximum absolute atomic E-state index is 5.26. The van der Waals surface area contributed by atoms with Crippen LogP contribution in [0.3, 0.4) is 0 Å². The van der Waals surface area contributed by atoms with Gasteiger partial charge in [0, 0.05) is 12.6 Å². The third-order valence-electron chi connectivity index (χ3n) is 3.73. The summed E-state index contributed by atoms with van der Waals surface area (Å²) in [6.07, 6.45) is 2.63. The molecule has 0 amide bonds. The van der Waals surface area contributed by atoms with Gasteiger partial charge in [0.25, 0.3) is 0 Å². The average molecular weight is 198 g/mol. The van der Waals surface area contributed by atoms with E-state index in [0.29, 0.717) is 0 Å². The SMILES string of the molecule is COCC1(C)CC(C2CCNC2)CN1. The Morgan fingerprint density at radius 2 is 2.21 bits per heavy atom. The second-order valence-electron chi connectivity index (χ2n) is 5.09. The number of methoxy groups -OCH3 is 1. The second kappa shape index (κ2) is 4.17. The standard InChI is InChI=1S/C11H22N2O/c1-11(8-14-2)5-10(7-13-11)9-3-4-12-6-9/h9-10,12-13H,3-8H2,1-2H3. The zero-order valence-electron chi connectivity index (χ0n) is 9.31. The minimum Gasteiger partial charge on any atom is -0.383 e. The van der Waals surface area contributed by atoms with Crippen LogP contribution in [-0.4, -0.2) is 38.9 Å². The van der Waals surface area contributed by atoms with E-state index in [4.69, 9.17) is 4.74 Å². The number of ether oxygens (including phenoxy) is 1. The van der Waals surface area contributed by atoms with Gasteiger partial charge in [-0.15, -0.1) is 0 Å². The second-order valence-corrected chi connectivity index (χ2v) is 5.09. The maximum atomic E-state index is 5.26. The molecule has 14 heavy (non-hydrogen) atoms. The van der Waals surface area contributed by atoms with Gasteiger partial charge in [-0.05, 0) is 51.2 Å². The maximum Gasteiger partial charge on any atom is 0.0641 e. The van der Waals surface area contributed by atoms with Crippen molar-refractivity contribution >= 4 is 0 Å². The molecule has 2 fully saturated rings. The highest BCUT2D eigenvalue weighted by atomic mass is 16.5. The molecule has 0 bridgehead atoms. The highest BCUT2D eigenvalue weighted by molar-refractivity contribution is 4.96. The molecule has 3 nitrogen and oxygen atoms in total. The highest BCUT2D eigenvalue weighted by Crippen LogP contribution is 2.32. The molecule has 2 saturated heterocycles. The van der Waals surface area contributed by atoms with Crippen molar-refractivity contribution in [2.45, 2.75) is 25.3 Å². The van der Waals surface area contributed by atoms with Crippen LogP contribution in [0.15, 0.2) is 0 Å². The van der Waals surface area contributed by atoms with Gasteiger partial charge in [-0.1, -0.05) is 0 Å². The van der Waals surface area contributed by atoms with Crippen molar-refractivity contribution in [2.24, 2.45) is 11.8 Å². The molecule has 0 aliphatic carbocycles. The van der Waals surface area contributed by atoms with Gasteiger partial charge in [0.1, 0.15) is 0 Å². The molecular formula is C11H22N2O.